The number of nitrogens with one attached hydrogen (secondary N) is 1. The highest BCUT2D eigenvalue weighted by molar-refractivity contribution is 6.30. The van der Waals surface area contributed by atoms with Gasteiger partial charge in [-0.2, -0.15) is 14.8 Å². The Bertz CT molecular complexity index is 1390. The number of hydrogen-bond donors (Lipinski definition) is 1. The molecule has 2 aromatic heterocycles. The minimum Gasteiger partial charge on any atom is -0.339 e. The van der Waals surface area contributed by atoms with Crippen LogP contribution in [0.3, 0.4) is 0 Å². The van der Waals surface area contributed by atoms with E-state index in [1.54, 1.807) is 43.3 Å². The first kappa shape index (κ1) is 22.2. The summed E-state index contributed by atoms with van der Waals surface area (Å²) in [4.78, 5) is 41.9. The maximum Gasteiger partial charge on any atom is 0.352 e. The van der Waals surface area contributed by atoms with Gasteiger partial charge >= 0.3 is 5.69 Å². The first-order valence-corrected chi connectivity index (χ1v) is 10.5. The molecular weight excluding hydrogens is 448 g/mol. The maximum atomic E-state index is 12.8. The van der Waals surface area contributed by atoms with E-state index in [4.69, 9.17) is 16.1 Å². The number of aromatic nitrogens is 5. The Morgan fingerprint density at radius 2 is 1.82 bits per heavy atom. The molecule has 10 nitrogen and oxygen atoms in total. The highest BCUT2D eigenvalue weighted by atomic mass is 35.5. The fraction of sp³-hybridized carbons (Fsp3) is 0.182. The van der Waals surface area contributed by atoms with Crippen molar-refractivity contribution < 1.29 is 9.32 Å². The summed E-state index contributed by atoms with van der Waals surface area (Å²) < 4.78 is 7.32. The van der Waals surface area contributed by atoms with E-state index in [1.165, 1.54) is 0 Å². The number of benzene rings is 2. The summed E-state index contributed by atoms with van der Waals surface area (Å²) in [6, 6.07) is 15.5. The molecule has 33 heavy (non-hydrogen) atoms. The van der Waals surface area contributed by atoms with Crippen LogP contribution in [0, 0.1) is 0 Å². The second-order valence-corrected chi connectivity index (χ2v) is 7.43. The summed E-state index contributed by atoms with van der Waals surface area (Å²) in [6.45, 7) is 1.80. The first-order chi connectivity index (χ1) is 16.0. The molecule has 4 rings (SSSR count). The lowest BCUT2D eigenvalue weighted by atomic mass is 10.2. The Morgan fingerprint density at radius 3 is 2.52 bits per heavy atom. The topological polar surface area (TPSA) is 125 Å². The molecule has 1 amide bonds. The molecule has 11 heteroatoms. The van der Waals surface area contributed by atoms with Crippen molar-refractivity contribution in [2.24, 2.45) is 0 Å². The average molecular weight is 467 g/mol. The molecule has 0 saturated heterocycles. The highest BCUT2D eigenvalue weighted by Gasteiger charge is 2.20. The van der Waals surface area contributed by atoms with Gasteiger partial charge in [-0.1, -0.05) is 35.0 Å². The van der Waals surface area contributed by atoms with Gasteiger partial charge in [-0.25, -0.2) is 4.79 Å². The van der Waals surface area contributed by atoms with E-state index in [-0.39, 0.29) is 42.7 Å². The summed E-state index contributed by atoms with van der Waals surface area (Å²) in [5.74, 6) is -0.117. The summed E-state index contributed by atoms with van der Waals surface area (Å²) in [7, 11) is 0. The molecule has 0 unspecified atom stereocenters. The lowest BCUT2D eigenvalue weighted by Gasteiger charge is -2.09. The predicted octanol–water partition coefficient (Wildman–Crippen LogP) is 2.69. The molecule has 0 bridgehead atoms. The molecule has 0 spiro atoms. The van der Waals surface area contributed by atoms with Crippen molar-refractivity contribution in [1.29, 1.82) is 0 Å². The van der Waals surface area contributed by atoms with E-state index in [0.717, 1.165) is 9.25 Å². The van der Waals surface area contributed by atoms with Crippen LogP contribution in [0.15, 0.2) is 68.7 Å². The third-order valence-electron chi connectivity index (χ3n) is 4.75. The second-order valence-electron chi connectivity index (χ2n) is 6.99. The zero-order chi connectivity index (χ0) is 23.4. The maximum absolute atomic E-state index is 12.8. The quantitative estimate of drug-likeness (QED) is 0.444. The van der Waals surface area contributed by atoms with Crippen LogP contribution in [0.1, 0.15) is 19.2 Å². The van der Waals surface area contributed by atoms with Crippen molar-refractivity contribution in [3.63, 3.8) is 0 Å². The monoisotopic (exact) mass is 466 g/mol. The van der Waals surface area contributed by atoms with Gasteiger partial charge in [-0.3, -0.25) is 14.2 Å². The zero-order valence-electron chi connectivity index (χ0n) is 17.6. The Labute approximate surface area is 192 Å². The number of hydrogen-bond acceptors (Lipinski definition) is 7. The van der Waals surface area contributed by atoms with Crippen molar-refractivity contribution >= 4 is 23.2 Å². The van der Waals surface area contributed by atoms with Crippen LogP contribution >= 0.6 is 11.6 Å². The SMILES string of the molecule is CCn1c(=O)c(-c2noc(CCC(=O)Nc3ccccc3)n2)nn(-c2ccc(Cl)cc2)c1=O. The Balaban J connectivity index is 1.58. The normalized spacial score (nSPS) is 10.8. The summed E-state index contributed by atoms with van der Waals surface area (Å²) in [5, 5.41) is 11.3. The fourth-order valence-electron chi connectivity index (χ4n) is 3.10. The number of nitrogens with zero attached hydrogens (tertiary/aromatic N) is 5. The van der Waals surface area contributed by atoms with E-state index in [9.17, 15) is 14.4 Å². The number of halogens is 1. The van der Waals surface area contributed by atoms with Crippen molar-refractivity contribution in [2.75, 3.05) is 5.32 Å². The van der Waals surface area contributed by atoms with Gasteiger partial charge in [0.2, 0.25) is 17.6 Å². The van der Waals surface area contributed by atoms with Gasteiger partial charge < -0.3 is 9.84 Å². The van der Waals surface area contributed by atoms with Gasteiger partial charge in [0.15, 0.2) is 5.69 Å². The van der Waals surface area contributed by atoms with Crippen molar-refractivity contribution in [2.45, 2.75) is 26.3 Å². The van der Waals surface area contributed by atoms with Crippen LogP contribution in [-0.4, -0.2) is 30.4 Å². The van der Waals surface area contributed by atoms with Crippen molar-refractivity contribution in [3.05, 3.63) is 86.3 Å². The van der Waals surface area contributed by atoms with Gasteiger partial charge in [-0.05, 0) is 43.3 Å². The standard InChI is InChI=1S/C22H19ClN6O4/c1-2-28-21(31)19(26-29(22(28)32)16-10-8-14(23)9-11-16)20-25-18(33-27-20)13-12-17(30)24-15-6-4-3-5-7-15/h3-11H,2,12-13H2,1H3,(H,24,30). The Kier molecular flexibility index (Phi) is 6.45. The number of amides is 1. The number of carbonyl (C=O) groups is 1. The third kappa shape index (κ3) is 4.90. The molecule has 2 heterocycles. The lowest BCUT2D eigenvalue weighted by Crippen LogP contribution is -2.41. The van der Waals surface area contributed by atoms with Gasteiger partial charge in [-0.15, -0.1) is 0 Å². The lowest BCUT2D eigenvalue weighted by molar-refractivity contribution is -0.116. The van der Waals surface area contributed by atoms with Gasteiger partial charge in [0.05, 0.1) is 5.69 Å². The van der Waals surface area contributed by atoms with Crippen LogP contribution in [0.4, 0.5) is 5.69 Å². The van der Waals surface area contributed by atoms with Gasteiger partial charge in [0.1, 0.15) is 0 Å². The molecule has 0 aliphatic rings. The third-order valence-corrected chi connectivity index (χ3v) is 5.00. The van der Waals surface area contributed by atoms with Crippen molar-refractivity contribution in [3.8, 4) is 17.2 Å². The molecule has 2 aromatic carbocycles. The molecular formula is C22H19ClN6O4. The van der Waals surface area contributed by atoms with Crippen molar-refractivity contribution in [1.82, 2.24) is 24.5 Å². The first-order valence-electron chi connectivity index (χ1n) is 10.1. The van der Waals surface area contributed by atoms with Crippen LogP contribution in [0.2, 0.25) is 5.02 Å². The molecule has 168 valence electrons. The van der Waals surface area contributed by atoms with Crippen LogP contribution < -0.4 is 16.6 Å². The van der Waals surface area contributed by atoms with Crippen LogP contribution in [0.5, 0.6) is 0 Å². The highest BCUT2D eigenvalue weighted by Crippen LogP contribution is 2.14. The van der Waals surface area contributed by atoms with Crippen LogP contribution in [0.25, 0.3) is 17.2 Å². The minimum atomic E-state index is -0.637. The number of rotatable bonds is 7. The molecule has 1 N–H and O–H groups in total. The second kappa shape index (κ2) is 9.61. The van der Waals surface area contributed by atoms with Crippen LogP contribution in [-0.2, 0) is 17.8 Å². The Hall–Kier alpha value is -4.05. The minimum absolute atomic E-state index is 0.0663. The zero-order valence-corrected chi connectivity index (χ0v) is 18.3. The molecule has 0 saturated carbocycles. The molecule has 0 aliphatic carbocycles. The number of anilines is 1. The summed E-state index contributed by atoms with van der Waals surface area (Å²) >= 11 is 5.93. The summed E-state index contributed by atoms with van der Waals surface area (Å²) in [5.41, 5.74) is -0.275. The van der Waals surface area contributed by atoms with E-state index >= 15 is 0 Å². The number of para-hydroxylation sites is 1. The Morgan fingerprint density at radius 1 is 1.09 bits per heavy atom. The van der Waals surface area contributed by atoms with E-state index in [0.29, 0.717) is 16.4 Å². The largest absolute Gasteiger partial charge is 0.352 e. The molecule has 0 atom stereocenters. The van der Waals surface area contributed by atoms with Gasteiger partial charge in [0, 0.05) is 30.1 Å². The molecule has 0 radical (unpaired) electrons. The summed E-state index contributed by atoms with van der Waals surface area (Å²) in [6.07, 6.45) is 0.276. The average Bonchev–Trinajstić information content (AvgIpc) is 3.28. The van der Waals surface area contributed by atoms with E-state index in [2.05, 4.69) is 20.6 Å². The number of carbonyl (C=O) groups excluding carboxylic acids is 1. The van der Waals surface area contributed by atoms with E-state index in [1.807, 2.05) is 18.2 Å². The fourth-order valence-corrected chi connectivity index (χ4v) is 3.23. The predicted molar refractivity (Wildman–Crippen MR) is 121 cm³/mol. The smallest absolute Gasteiger partial charge is 0.339 e. The number of aryl methyl sites for hydroxylation is 1. The van der Waals surface area contributed by atoms with Gasteiger partial charge in [0.25, 0.3) is 5.56 Å². The molecule has 0 aliphatic heterocycles. The molecule has 4 aromatic rings. The molecule has 0 fully saturated rings. The van der Waals surface area contributed by atoms with E-state index < -0.39 is 11.2 Å².